The van der Waals surface area contributed by atoms with E-state index in [1.165, 1.54) is 27.9 Å². The molecule has 2 aromatic rings. The van der Waals surface area contributed by atoms with Crippen molar-refractivity contribution in [1.29, 1.82) is 0 Å². The first-order valence-electron chi connectivity index (χ1n) is 8.90. The maximum absolute atomic E-state index is 12.9. The largest absolute Gasteiger partial charge is 0.401 e. The van der Waals surface area contributed by atoms with Crippen LogP contribution in [0.5, 0.6) is 0 Å². The molecule has 0 aromatic carbocycles. The number of fused-ring (bicyclic) bond motifs is 1. The Morgan fingerprint density at radius 2 is 2.14 bits per heavy atom. The number of halogens is 3. The van der Waals surface area contributed by atoms with Crippen LogP contribution in [0.25, 0.3) is 5.65 Å². The van der Waals surface area contributed by atoms with Crippen molar-refractivity contribution in [3.05, 3.63) is 29.7 Å². The van der Waals surface area contributed by atoms with Crippen LogP contribution in [-0.4, -0.2) is 75.1 Å². The van der Waals surface area contributed by atoms with Gasteiger partial charge >= 0.3 is 6.18 Å². The number of hydrogen-bond donors (Lipinski definition) is 1. The molecule has 3 heterocycles. The number of amides is 2. The summed E-state index contributed by atoms with van der Waals surface area (Å²) < 4.78 is 39.2. The number of likely N-dealkylation sites (tertiary alicyclic amines) is 1. The van der Waals surface area contributed by atoms with Gasteiger partial charge in [0.1, 0.15) is 11.3 Å². The van der Waals surface area contributed by atoms with E-state index in [1.807, 2.05) is 0 Å². The second-order valence-electron chi connectivity index (χ2n) is 6.84. The van der Waals surface area contributed by atoms with Crippen LogP contribution in [0.1, 0.15) is 34.2 Å². The number of carbonyl (C=O) groups is 2. The molecule has 0 saturated carbocycles. The van der Waals surface area contributed by atoms with E-state index in [9.17, 15) is 22.8 Å². The predicted octanol–water partition coefficient (Wildman–Crippen LogP) is 1.17. The molecule has 2 aromatic heterocycles. The lowest BCUT2D eigenvalue weighted by molar-refractivity contribution is -0.146. The second kappa shape index (κ2) is 7.74. The Labute approximate surface area is 159 Å². The summed E-state index contributed by atoms with van der Waals surface area (Å²) in [6, 6.07) is 1.49. The molecule has 1 saturated heterocycles. The summed E-state index contributed by atoms with van der Waals surface area (Å²) in [4.78, 5) is 31.3. The maximum atomic E-state index is 12.9. The number of nitrogens with two attached hydrogens (primary N) is 1. The van der Waals surface area contributed by atoms with Gasteiger partial charge in [-0.25, -0.2) is 9.50 Å². The number of alkyl halides is 3. The highest BCUT2D eigenvalue weighted by Crippen LogP contribution is 2.23. The molecule has 28 heavy (non-hydrogen) atoms. The molecule has 1 atom stereocenters. The summed E-state index contributed by atoms with van der Waals surface area (Å²) in [6.45, 7) is 2.10. The maximum Gasteiger partial charge on any atom is 0.401 e. The van der Waals surface area contributed by atoms with E-state index < -0.39 is 18.6 Å². The minimum Gasteiger partial charge on any atom is -0.365 e. The zero-order chi connectivity index (χ0) is 20.5. The Bertz CT molecular complexity index is 881. The standard InChI is InChI=1S/C17H21F3N6O2/c1-2-24(10-17(18,19)20)8-11-4-6-25(9-11)16(28)13-3-5-22-15-12(14(21)27)7-23-26(13)15/h3,5,7,11H,2,4,6,8-10H2,1H3,(H2,21,27). The van der Waals surface area contributed by atoms with Crippen LogP contribution in [0.2, 0.25) is 0 Å². The molecule has 1 aliphatic heterocycles. The smallest absolute Gasteiger partial charge is 0.365 e. The van der Waals surface area contributed by atoms with Gasteiger partial charge in [-0.05, 0) is 24.9 Å². The van der Waals surface area contributed by atoms with Gasteiger partial charge in [0.2, 0.25) is 0 Å². The van der Waals surface area contributed by atoms with Gasteiger partial charge in [0.25, 0.3) is 11.8 Å². The lowest BCUT2D eigenvalue weighted by Gasteiger charge is -2.25. The lowest BCUT2D eigenvalue weighted by Crippen LogP contribution is -2.38. The molecule has 11 heteroatoms. The van der Waals surface area contributed by atoms with Gasteiger partial charge in [0.05, 0.1) is 12.7 Å². The lowest BCUT2D eigenvalue weighted by atomic mass is 10.1. The zero-order valence-electron chi connectivity index (χ0n) is 15.3. The van der Waals surface area contributed by atoms with Crippen LogP contribution in [0, 0.1) is 5.92 Å². The van der Waals surface area contributed by atoms with Crippen molar-refractivity contribution in [3.8, 4) is 0 Å². The summed E-state index contributed by atoms with van der Waals surface area (Å²) >= 11 is 0. The van der Waals surface area contributed by atoms with Gasteiger partial charge in [0, 0.05) is 25.8 Å². The highest BCUT2D eigenvalue weighted by atomic mass is 19.4. The van der Waals surface area contributed by atoms with Gasteiger partial charge in [-0.3, -0.25) is 14.5 Å². The topological polar surface area (TPSA) is 96.8 Å². The van der Waals surface area contributed by atoms with E-state index in [4.69, 9.17) is 5.73 Å². The van der Waals surface area contributed by atoms with Crippen LogP contribution in [-0.2, 0) is 0 Å². The molecule has 0 radical (unpaired) electrons. The number of rotatable bonds is 6. The van der Waals surface area contributed by atoms with Crippen LogP contribution < -0.4 is 5.73 Å². The third-order valence-electron chi connectivity index (χ3n) is 4.83. The average molecular weight is 398 g/mol. The van der Waals surface area contributed by atoms with Crippen molar-refractivity contribution in [3.63, 3.8) is 0 Å². The molecule has 0 bridgehead atoms. The molecule has 1 unspecified atom stereocenters. The minimum atomic E-state index is -4.25. The van der Waals surface area contributed by atoms with Crippen molar-refractivity contribution in [2.75, 3.05) is 32.7 Å². The fourth-order valence-electron chi connectivity index (χ4n) is 3.48. The zero-order valence-corrected chi connectivity index (χ0v) is 15.3. The van der Waals surface area contributed by atoms with E-state index in [-0.39, 0.29) is 41.8 Å². The first kappa shape index (κ1) is 20.1. The van der Waals surface area contributed by atoms with Gasteiger partial charge in [-0.2, -0.15) is 18.3 Å². The molecule has 3 rings (SSSR count). The van der Waals surface area contributed by atoms with E-state index in [1.54, 1.807) is 11.8 Å². The Kier molecular flexibility index (Phi) is 5.54. The average Bonchev–Trinajstić information content (AvgIpc) is 3.25. The number of aromatic nitrogens is 3. The second-order valence-corrected chi connectivity index (χ2v) is 6.84. The third kappa shape index (κ3) is 4.24. The number of hydrogen-bond acceptors (Lipinski definition) is 5. The van der Waals surface area contributed by atoms with Crippen LogP contribution in [0.15, 0.2) is 18.5 Å². The van der Waals surface area contributed by atoms with Crippen LogP contribution >= 0.6 is 0 Å². The molecule has 2 N–H and O–H groups in total. The summed E-state index contributed by atoms with van der Waals surface area (Å²) in [5.41, 5.74) is 5.81. The molecule has 1 aliphatic rings. The Morgan fingerprint density at radius 3 is 2.79 bits per heavy atom. The van der Waals surface area contributed by atoms with Crippen molar-refractivity contribution < 1.29 is 22.8 Å². The molecule has 0 spiro atoms. The number of carbonyl (C=O) groups excluding carboxylic acids is 2. The summed E-state index contributed by atoms with van der Waals surface area (Å²) in [5, 5.41) is 4.03. The Hall–Kier alpha value is -2.69. The van der Waals surface area contributed by atoms with Gasteiger partial charge in [-0.15, -0.1) is 0 Å². The van der Waals surface area contributed by atoms with E-state index in [2.05, 4.69) is 10.1 Å². The van der Waals surface area contributed by atoms with Crippen molar-refractivity contribution in [1.82, 2.24) is 24.4 Å². The highest BCUT2D eigenvalue weighted by Gasteiger charge is 2.34. The predicted molar refractivity (Wildman–Crippen MR) is 93.7 cm³/mol. The SMILES string of the molecule is CCN(CC1CCN(C(=O)c2ccnc3c(C(N)=O)cnn23)C1)CC(F)(F)F. The third-order valence-corrected chi connectivity index (χ3v) is 4.83. The quantitative estimate of drug-likeness (QED) is 0.788. The Balaban J connectivity index is 1.71. The molecular formula is C17H21F3N6O2. The minimum absolute atomic E-state index is 0.0395. The molecule has 152 valence electrons. The van der Waals surface area contributed by atoms with E-state index in [0.717, 1.165) is 0 Å². The van der Waals surface area contributed by atoms with Crippen molar-refractivity contribution >= 4 is 17.5 Å². The summed E-state index contributed by atoms with van der Waals surface area (Å²) in [5.74, 6) is -1.05. The van der Waals surface area contributed by atoms with E-state index >= 15 is 0 Å². The van der Waals surface area contributed by atoms with E-state index in [0.29, 0.717) is 19.5 Å². The Morgan fingerprint density at radius 1 is 1.39 bits per heavy atom. The van der Waals surface area contributed by atoms with Crippen LogP contribution in [0.3, 0.4) is 0 Å². The first-order chi connectivity index (χ1) is 13.2. The fourth-order valence-corrected chi connectivity index (χ4v) is 3.48. The van der Waals surface area contributed by atoms with Gasteiger partial charge < -0.3 is 10.6 Å². The monoisotopic (exact) mass is 398 g/mol. The summed E-state index contributed by atoms with van der Waals surface area (Å²) in [7, 11) is 0. The van der Waals surface area contributed by atoms with Gasteiger partial charge in [-0.1, -0.05) is 6.92 Å². The molecule has 0 aliphatic carbocycles. The molecule has 1 fully saturated rings. The van der Waals surface area contributed by atoms with Crippen molar-refractivity contribution in [2.45, 2.75) is 19.5 Å². The van der Waals surface area contributed by atoms with Crippen LogP contribution in [0.4, 0.5) is 13.2 Å². The number of nitrogens with zero attached hydrogens (tertiary/aromatic N) is 5. The van der Waals surface area contributed by atoms with Crippen molar-refractivity contribution in [2.24, 2.45) is 11.7 Å². The van der Waals surface area contributed by atoms with Gasteiger partial charge in [0.15, 0.2) is 5.65 Å². The summed E-state index contributed by atoms with van der Waals surface area (Å²) in [6.07, 6.45) is -0.970. The normalized spacial score (nSPS) is 17.6. The highest BCUT2D eigenvalue weighted by molar-refractivity contribution is 5.99. The first-order valence-corrected chi connectivity index (χ1v) is 8.90. The molecular weight excluding hydrogens is 377 g/mol. The molecule has 8 nitrogen and oxygen atoms in total. The molecule has 2 amide bonds. The fraction of sp³-hybridized carbons (Fsp3) is 0.529. The number of primary amides is 1.